The Hall–Kier alpha value is -3.10. The van der Waals surface area contributed by atoms with Gasteiger partial charge < -0.3 is 24.4 Å². The van der Waals surface area contributed by atoms with Crippen LogP contribution in [0.5, 0.6) is 17.2 Å². The fourth-order valence-corrected chi connectivity index (χ4v) is 2.03. The highest BCUT2D eigenvalue weighted by atomic mass is 19.4. The second kappa shape index (κ2) is 9.02. The number of carbonyl (C=O) groups is 1. The van der Waals surface area contributed by atoms with Crippen molar-refractivity contribution in [2.45, 2.75) is 6.36 Å². The molecule has 6 nitrogen and oxygen atoms in total. The monoisotopic (exact) mass is 384 g/mol. The maximum absolute atomic E-state index is 12.1. The van der Waals surface area contributed by atoms with Crippen LogP contribution in [-0.2, 0) is 0 Å². The molecule has 0 spiro atoms. The lowest BCUT2D eigenvalue weighted by molar-refractivity contribution is -0.274. The van der Waals surface area contributed by atoms with Crippen LogP contribution < -0.4 is 19.5 Å². The third kappa shape index (κ3) is 6.96. The molecule has 0 heterocycles. The van der Waals surface area contributed by atoms with E-state index in [0.717, 1.165) is 12.1 Å². The molecule has 1 N–H and O–H groups in total. The highest BCUT2D eigenvalue weighted by Gasteiger charge is 2.30. The molecule has 0 aliphatic rings. The summed E-state index contributed by atoms with van der Waals surface area (Å²) >= 11 is 0. The summed E-state index contributed by atoms with van der Waals surface area (Å²) in [5.74, 6) is 0.997. The second-order valence-electron chi connectivity index (χ2n) is 5.45. The summed E-state index contributed by atoms with van der Waals surface area (Å²) in [4.78, 5) is 13.5. The predicted molar refractivity (Wildman–Crippen MR) is 93.3 cm³/mol. The van der Waals surface area contributed by atoms with Crippen molar-refractivity contribution in [3.63, 3.8) is 0 Å². The molecule has 0 aliphatic heterocycles. The Morgan fingerprint density at radius 2 is 1.56 bits per heavy atom. The zero-order valence-electron chi connectivity index (χ0n) is 14.7. The summed E-state index contributed by atoms with van der Waals surface area (Å²) < 4.78 is 50.7. The van der Waals surface area contributed by atoms with E-state index in [9.17, 15) is 18.0 Å². The fraction of sp³-hybridized carbons (Fsp3) is 0.278. The maximum Gasteiger partial charge on any atom is 0.573 e. The third-order valence-corrected chi connectivity index (χ3v) is 3.44. The molecule has 27 heavy (non-hydrogen) atoms. The zero-order chi connectivity index (χ0) is 19.9. The van der Waals surface area contributed by atoms with Gasteiger partial charge in [-0.3, -0.25) is 0 Å². The molecule has 0 atom stereocenters. The molecule has 0 aromatic heterocycles. The number of halogens is 3. The van der Waals surface area contributed by atoms with Gasteiger partial charge in [-0.25, -0.2) is 4.79 Å². The van der Waals surface area contributed by atoms with Gasteiger partial charge in [-0.05, 0) is 48.5 Å². The molecule has 0 unspecified atom stereocenters. The first-order valence-corrected chi connectivity index (χ1v) is 7.91. The third-order valence-electron chi connectivity index (χ3n) is 3.44. The summed E-state index contributed by atoms with van der Waals surface area (Å²) in [6.45, 7) is 0.585. The van der Waals surface area contributed by atoms with Crippen molar-refractivity contribution < 1.29 is 32.2 Å². The first-order chi connectivity index (χ1) is 12.8. The van der Waals surface area contributed by atoms with Crippen molar-refractivity contribution in [3.05, 3.63) is 48.5 Å². The Bertz CT molecular complexity index is 734. The number of anilines is 1. The van der Waals surface area contributed by atoms with Crippen LogP contribution in [0.4, 0.5) is 23.7 Å². The number of carbonyl (C=O) groups excluding carboxylic acids is 1. The van der Waals surface area contributed by atoms with Crippen LogP contribution in [0.1, 0.15) is 0 Å². The van der Waals surface area contributed by atoms with Crippen molar-refractivity contribution in [2.24, 2.45) is 0 Å². The van der Waals surface area contributed by atoms with Crippen LogP contribution in [0.15, 0.2) is 48.5 Å². The number of hydrogen-bond acceptors (Lipinski definition) is 4. The van der Waals surface area contributed by atoms with E-state index in [4.69, 9.17) is 9.47 Å². The van der Waals surface area contributed by atoms with Gasteiger partial charge in [-0.15, -0.1) is 13.2 Å². The van der Waals surface area contributed by atoms with E-state index in [0.29, 0.717) is 23.7 Å². The van der Waals surface area contributed by atoms with Crippen LogP contribution in [0.3, 0.4) is 0 Å². The fourth-order valence-electron chi connectivity index (χ4n) is 2.03. The van der Waals surface area contributed by atoms with Crippen LogP contribution in [0, 0.1) is 0 Å². The number of benzene rings is 2. The van der Waals surface area contributed by atoms with E-state index in [1.807, 2.05) is 0 Å². The summed E-state index contributed by atoms with van der Waals surface area (Å²) in [7, 11) is 3.15. The van der Waals surface area contributed by atoms with Gasteiger partial charge in [0.15, 0.2) is 0 Å². The normalized spacial score (nSPS) is 10.9. The molecule has 2 aromatic rings. The molecule has 0 radical (unpaired) electrons. The molecule has 0 saturated carbocycles. The molecule has 2 amide bonds. The number of methoxy groups -OCH3 is 1. The van der Waals surface area contributed by atoms with Crippen molar-refractivity contribution in [3.8, 4) is 17.2 Å². The van der Waals surface area contributed by atoms with Crippen LogP contribution in [0.2, 0.25) is 0 Å². The summed E-state index contributed by atoms with van der Waals surface area (Å²) in [6.07, 6.45) is -4.76. The van der Waals surface area contributed by atoms with Crippen molar-refractivity contribution in [1.29, 1.82) is 0 Å². The number of alkyl halides is 3. The molecular formula is C18H19F3N2O4. The van der Waals surface area contributed by atoms with E-state index < -0.39 is 12.4 Å². The minimum atomic E-state index is -4.76. The maximum atomic E-state index is 12.1. The summed E-state index contributed by atoms with van der Waals surface area (Å²) in [5.41, 5.74) is 0.345. The zero-order valence-corrected chi connectivity index (χ0v) is 14.7. The van der Waals surface area contributed by atoms with Crippen molar-refractivity contribution >= 4 is 11.7 Å². The van der Waals surface area contributed by atoms with E-state index in [1.54, 1.807) is 38.4 Å². The Labute approximate surface area is 154 Å². The lowest BCUT2D eigenvalue weighted by atomic mass is 10.3. The van der Waals surface area contributed by atoms with Gasteiger partial charge >= 0.3 is 12.4 Å². The predicted octanol–water partition coefficient (Wildman–Crippen LogP) is 4.14. The highest BCUT2D eigenvalue weighted by Crippen LogP contribution is 2.24. The van der Waals surface area contributed by atoms with Crippen LogP contribution in [0.25, 0.3) is 0 Å². The average Bonchev–Trinajstić information content (AvgIpc) is 2.62. The highest BCUT2D eigenvalue weighted by molar-refractivity contribution is 5.89. The van der Waals surface area contributed by atoms with Gasteiger partial charge in [0.2, 0.25) is 0 Å². The molecule has 0 fully saturated rings. The molecule has 146 valence electrons. The van der Waals surface area contributed by atoms with E-state index in [1.165, 1.54) is 17.0 Å². The van der Waals surface area contributed by atoms with E-state index in [2.05, 4.69) is 10.1 Å². The standard InChI is InChI=1S/C18H19F3N2O4/c1-23(11-12-26-15-9-7-14(25-2)8-10-15)17(24)22-13-3-5-16(6-4-13)27-18(19,20)21/h3-10H,11-12H2,1-2H3,(H,22,24). The number of urea groups is 1. The second-order valence-corrected chi connectivity index (χ2v) is 5.45. The Morgan fingerprint density at radius 1 is 1.00 bits per heavy atom. The Kier molecular flexibility index (Phi) is 6.75. The molecule has 9 heteroatoms. The largest absolute Gasteiger partial charge is 0.573 e. The number of nitrogens with one attached hydrogen (secondary N) is 1. The number of hydrogen-bond donors (Lipinski definition) is 1. The van der Waals surface area contributed by atoms with E-state index >= 15 is 0 Å². The van der Waals surface area contributed by atoms with E-state index in [-0.39, 0.29) is 12.4 Å². The SMILES string of the molecule is COc1ccc(OCCN(C)C(=O)Nc2ccc(OC(F)(F)F)cc2)cc1. The van der Waals surface area contributed by atoms with Gasteiger partial charge in [-0.2, -0.15) is 0 Å². The number of ether oxygens (including phenoxy) is 3. The molecular weight excluding hydrogens is 365 g/mol. The number of likely N-dealkylation sites (N-methyl/N-ethyl adjacent to an activating group) is 1. The van der Waals surface area contributed by atoms with Crippen LogP contribution >= 0.6 is 0 Å². The topological polar surface area (TPSA) is 60.0 Å². The minimum absolute atomic E-state index is 0.272. The smallest absolute Gasteiger partial charge is 0.497 e. The lowest BCUT2D eigenvalue weighted by Gasteiger charge is -2.18. The number of amides is 2. The Morgan fingerprint density at radius 3 is 2.11 bits per heavy atom. The molecule has 2 aromatic carbocycles. The van der Waals surface area contributed by atoms with Gasteiger partial charge in [0.1, 0.15) is 23.9 Å². The van der Waals surface area contributed by atoms with Crippen molar-refractivity contribution in [2.75, 3.05) is 32.6 Å². The lowest BCUT2D eigenvalue weighted by Crippen LogP contribution is -2.34. The number of rotatable bonds is 7. The molecule has 0 bridgehead atoms. The molecule has 0 saturated heterocycles. The van der Waals surface area contributed by atoms with Gasteiger partial charge in [0, 0.05) is 12.7 Å². The Balaban J connectivity index is 1.77. The van der Waals surface area contributed by atoms with Gasteiger partial charge in [0.25, 0.3) is 0 Å². The van der Waals surface area contributed by atoms with Crippen LogP contribution in [-0.4, -0.2) is 44.6 Å². The quantitative estimate of drug-likeness (QED) is 0.780. The first-order valence-electron chi connectivity index (χ1n) is 7.91. The average molecular weight is 384 g/mol. The van der Waals surface area contributed by atoms with Gasteiger partial charge in [-0.1, -0.05) is 0 Å². The summed E-state index contributed by atoms with van der Waals surface area (Å²) in [5, 5.41) is 2.57. The molecule has 0 aliphatic carbocycles. The van der Waals surface area contributed by atoms with Gasteiger partial charge in [0.05, 0.1) is 13.7 Å². The summed E-state index contributed by atoms with van der Waals surface area (Å²) in [6, 6.07) is 11.5. The number of nitrogens with zero attached hydrogens (tertiary/aromatic N) is 1. The first kappa shape index (κ1) is 20.2. The van der Waals surface area contributed by atoms with Crippen molar-refractivity contribution in [1.82, 2.24) is 4.90 Å². The molecule has 2 rings (SSSR count). The minimum Gasteiger partial charge on any atom is -0.497 e.